The van der Waals surface area contributed by atoms with Gasteiger partial charge in [-0.05, 0) is 55.9 Å². The maximum atomic E-state index is 12.5. The Kier molecular flexibility index (Phi) is 17.2. The number of unbranched alkanes of at least 4 members (excludes halogenated alkanes) is 13. The fourth-order valence-electron chi connectivity index (χ4n) is 6.37. The van der Waals surface area contributed by atoms with Gasteiger partial charge in [0.25, 0.3) is 0 Å². The van der Waals surface area contributed by atoms with Gasteiger partial charge < -0.3 is 25.2 Å². The summed E-state index contributed by atoms with van der Waals surface area (Å²) in [5, 5.41) is 14.6. The van der Waals surface area contributed by atoms with Crippen molar-refractivity contribution < 1.29 is 33.8 Å². The lowest BCUT2D eigenvalue weighted by molar-refractivity contribution is -0.155. The van der Waals surface area contributed by atoms with Crippen molar-refractivity contribution in [3.05, 3.63) is 59.7 Å². The van der Waals surface area contributed by atoms with Crippen LogP contribution in [0.4, 0.5) is 4.79 Å². The first-order valence-corrected chi connectivity index (χ1v) is 18.4. The summed E-state index contributed by atoms with van der Waals surface area (Å²) in [5.74, 6) is -1.72. The monoisotopic (exact) mass is 678 g/mol. The average Bonchev–Trinajstić information content (AvgIpc) is 3.38. The number of aliphatic carboxylic acids is 1. The Morgan fingerprint density at radius 2 is 1.14 bits per heavy atom. The van der Waals surface area contributed by atoms with Crippen LogP contribution in [-0.2, 0) is 23.9 Å². The minimum absolute atomic E-state index is 0.0931. The largest absolute Gasteiger partial charge is 0.480 e. The van der Waals surface area contributed by atoms with E-state index in [4.69, 9.17) is 9.47 Å². The number of hydrogen-bond donors (Lipinski definition) is 3. The first-order valence-electron chi connectivity index (χ1n) is 18.4. The van der Waals surface area contributed by atoms with Gasteiger partial charge >= 0.3 is 18.0 Å². The summed E-state index contributed by atoms with van der Waals surface area (Å²) in [5.41, 5.74) is 4.04. The Labute approximate surface area is 292 Å². The summed E-state index contributed by atoms with van der Waals surface area (Å²) in [6.07, 6.45) is 15.7. The fraction of sp³-hybridized carbons (Fsp3) is 0.600. The highest BCUT2D eigenvalue weighted by Crippen LogP contribution is 2.44. The molecule has 9 heteroatoms. The third-order valence-corrected chi connectivity index (χ3v) is 8.88. The molecule has 0 fully saturated rings. The van der Waals surface area contributed by atoms with Crippen molar-refractivity contribution in [3.63, 3.8) is 0 Å². The summed E-state index contributed by atoms with van der Waals surface area (Å²) in [7, 11) is 0. The van der Waals surface area contributed by atoms with Crippen LogP contribution in [0.15, 0.2) is 48.5 Å². The summed E-state index contributed by atoms with van der Waals surface area (Å²) in [4.78, 5) is 48.3. The molecule has 1 aliphatic carbocycles. The van der Waals surface area contributed by atoms with Crippen LogP contribution in [0.3, 0.4) is 0 Å². The van der Waals surface area contributed by atoms with Gasteiger partial charge in [-0.25, -0.2) is 9.59 Å². The lowest BCUT2D eigenvalue weighted by Crippen LogP contribution is -2.48. The van der Waals surface area contributed by atoms with Crippen molar-refractivity contribution >= 4 is 23.9 Å². The summed E-state index contributed by atoms with van der Waals surface area (Å²) in [6, 6.07) is 14.9. The van der Waals surface area contributed by atoms with E-state index in [0.717, 1.165) is 54.4 Å². The number of carbonyl (C=O) groups excluding carboxylic acids is 3. The van der Waals surface area contributed by atoms with Gasteiger partial charge in [0.2, 0.25) is 5.91 Å². The number of fused-ring (bicyclic) bond motifs is 3. The average molecular weight is 679 g/mol. The van der Waals surface area contributed by atoms with Crippen molar-refractivity contribution in [2.24, 2.45) is 0 Å². The Balaban J connectivity index is 1.16. The molecule has 2 aromatic carbocycles. The molecular formula is C40H58N2O7. The lowest BCUT2D eigenvalue weighted by Gasteiger charge is -2.19. The van der Waals surface area contributed by atoms with Crippen LogP contribution in [0, 0.1) is 0 Å². The number of amides is 2. The predicted molar refractivity (Wildman–Crippen MR) is 192 cm³/mol. The van der Waals surface area contributed by atoms with Crippen LogP contribution < -0.4 is 10.6 Å². The number of ether oxygens (including phenoxy) is 2. The zero-order valence-electron chi connectivity index (χ0n) is 29.9. The summed E-state index contributed by atoms with van der Waals surface area (Å²) in [6.45, 7) is 5.57. The van der Waals surface area contributed by atoms with Crippen LogP contribution in [0.5, 0.6) is 0 Å². The third-order valence-electron chi connectivity index (χ3n) is 8.88. The standard InChI is InChI=1S/C40H58N2O7/c1-40(2,3)49-37(44)27-17-15-13-11-9-7-5-4-6-8-10-12-14-16-26-36(43)42-35(38(45)46)28-41-39(47)48-29-34-32-24-20-18-22-30(32)31-23-19-21-25-33(31)34/h18-25,34-35H,4-17,26-29H2,1-3H3,(H,41,47)(H,42,43)(H,45,46). The van der Waals surface area contributed by atoms with Gasteiger partial charge in [-0.15, -0.1) is 0 Å². The topological polar surface area (TPSA) is 131 Å². The number of hydrogen-bond acceptors (Lipinski definition) is 6. The molecule has 0 saturated carbocycles. The quantitative estimate of drug-likeness (QED) is 0.0792. The van der Waals surface area contributed by atoms with Crippen LogP contribution in [0.1, 0.15) is 141 Å². The third kappa shape index (κ3) is 15.0. The second kappa shape index (κ2) is 21.3. The molecule has 0 saturated heterocycles. The number of nitrogens with one attached hydrogen (secondary N) is 2. The molecule has 0 spiro atoms. The molecule has 0 aliphatic heterocycles. The van der Waals surface area contributed by atoms with Crippen molar-refractivity contribution in [2.75, 3.05) is 13.2 Å². The maximum Gasteiger partial charge on any atom is 0.407 e. The molecular weight excluding hydrogens is 620 g/mol. The summed E-state index contributed by atoms with van der Waals surface area (Å²) >= 11 is 0. The van der Waals surface area contributed by atoms with Gasteiger partial charge in [-0.3, -0.25) is 9.59 Å². The van der Waals surface area contributed by atoms with Crippen LogP contribution in [-0.4, -0.2) is 53.8 Å². The normalized spacial score (nSPS) is 12.9. The van der Waals surface area contributed by atoms with Crippen LogP contribution in [0.2, 0.25) is 0 Å². The van der Waals surface area contributed by atoms with E-state index in [1.165, 1.54) is 51.4 Å². The molecule has 9 nitrogen and oxygen atoms in total. The van der Waals surface area contributed by atoms with E-state index in [1.807, 2.05) is 57.2 Å². The van der Waals surface area contributed by atoms with E-state index in [1.54, 1.807) is 0 Å². The number of alkyl carbamates (subject to hydrolysis) is 1. The number of benzene rings is 2. The lowest BCUT2D eigenvalue weighted by atomic mass is 9.98. The molecule has 3 rings (SSSR count). The first kappa shape index (κ1) is 39.6. The number of carboxylic acid groups (broad SMARTS) is 1. The van der Waals surface area contributed by atoms with Gasteiger partial charge in [0.05, 0.1) is 6.54 Å². The smallest absolute Gasteiger partial charge is 0.407 e. The molecule has 1 atom stereocenters. The van der Waals surface area contributed by atoms with Gasteiger partial charge in [-0.1, -0.05) is 126 Å². The number of carbonyl (C=O) groups is 4. The zero-order chi connectivity index (χ0) is 35.5. The van der Waals surface area contributed by atoms with Crippen molar-refractivity contribution in [1.82, 2.24) is 10.6 Å². The van der Waals surface area contributed by atoms with Crippen molar-refractivity contribution in [1.29, 1.82) is 0 Å². The van der Waals surface area contributed by atoms with Gasteiger partial charge in [-0.2, -0.15) is 0 Å². The highest BCUT2D eigenvalue weighted by atomic mass is 16.6. The van der Waals surface area contributed by atoms with E-state index >= 15 is 0 Å². The molecule has 1 unspecified atom stereocenters. The molecule has 3 N–H and O–H groups in total. The molecule has 0 aromatic heterocycles. The predicted octanol–water partition coefficient (Wildman–Crippen LogP) is 8.68. The molecule has 270 valence electrons. The molecule has 2 amide bonds. The maximum absolute atomic E-state index is 12.5. The van der Waals surface area contributed by atoms with Crippen LogP contribution in [0.25, 0.3) is 11.1 Å². The number of rotatable bonds is 23. The Hall–Kier alpha value is -3.88. The van der Waals surface area contributed by atoms with Gasteiger partial charge in [0.1, 0.15) is 18.2 Å². The minimum Gasteiger partial charge on any atom is -0.480 e. The van der Waals surface area contributed by atoms with E-state index in [-0.39, 0.29) is 37.4 Å². The summed E-state index contributed by atoms with van der Waals surface area (Å²) < 4.78 is 10.8. The van der Waals surface area contributed by atoms with E-state index in [9.17, 15) is 24.3 Å². The second-order valence-corrected chi connectivity index (χ2v) is 14.2. The van der Waals surface area contributed by atoms with E-state index in [0.29, 0.717) is 12.8 Å². The van der Waals surface area contributed by atoms with Gasteiger partial charge in [0, 0.05) is 18.8 Å². The second-order valence-electron chi connectivity index (χ2n) is 14.2. The van der Waals surface area contributed by atoms with E-state index in [2.05, 4.69) is 22.8 Å². The minimum atomic E-state index is -1.22. The Bertz CT molecular complexity index is 1290. The SMILES string of the molecule is CC(C)(C)OC(=O)CCCCCCCCCCCCCCCCC(=O)NC(CNC(=O)OCC1c2ccccc2-c2ccccc21)C(=O)O. The molecule has 49 heavy (non-hydrogen) atoms. The molecule has 0 heterocycles. The number of carboxylic acids is 1. The van der Waals surface area contributed by atoms with Crippen molar-refractivity contribution in [2.45, 2.75) is 141 Å². The first-order chi connectivity index (χ1) is 23.5. The van der Waals surface area contributed by atoms with E-state index < -0.39 is 23.7 Å². The van der Waals surface area contributed by atoms with Gasteiger partial charge in [0.15, 0.2) is 0 Å². The fourth-order valence-corrected chi connectivity index (χ4v) is 6.37. The highest BCUT2D eigenvalue weighted by Gasteiger charge is 2.29. The molecule has 0 radical (unpaired) electrons. The Morgan fingerprint density at radius 1 is 0.694 bits per heavy atom. The van der Waals surface area contributed by atoms with Crippen molar-refractivity contribution in [3.8, 4) is 11.1 Å². The van der Waals surface area contributed by atoms with Crippen LogP contribution >= 0.6 is 0 Å². The zero-order valence-corrected chi connectivity index (χ0v) is 29.9. The Morgan fingerprint density at radius 3 is 1.61 bits per heavy atom. The molecule has 2 aromatic rings. The highest BCUT2D eigenvalue weighted by molar-refractivity contribution is 5.84. The number of esters is 1. The molecule has 1 aliphatic rings. The molecule has 0 bridgehead atoms.